The van der Waals surface area contributed by atoms with Crippen molar-refractivity contribution >= 4 is 22.7 Å². The van der Waals surface area contributed by atoms with Gasteiger partial charge in [0.05, 0.1) is 0 Å². The molecule has 1 aliphatic rings. The number of nitrogens with zero attached hydrogens (tertiary/aromatic N) is 2. The van der Waals surface area contributed by atoms with Crippen LogP contribution in [0.5, 0.6) is 0 Å². The zero-order valence-electron chi connectivity index (χ0n) is 13.0. The van der Waals surface area contributed by atoms with Gasteiger partial charge in [-0.15, -0.1) is 11.3 Å². The van der Waals surface area contributed by atoms with E-state index in [9.17, 15) is 0 Å². The first-order valence-corrected chi connectivity index (χ1v) is 8.98. The molecule has 23 heavy (non-hydrogen) atoms. The van der Waals surface area contributed by atoms with Gasteiger partial charge >= 0.3 is 0 Å². The second-order valence-electron chi connectivity index (χ2n) is 5.80. The number of rotatable bonds is 3. The van der Waals surface area contributed by atoms with E-state index in [2.05, 4.69) is 88.0 Å². The largest absolute Gasteiger partial charge is 0.347 e. The van der Waals surface area contributed by atoms with Crippen molar-refractivity contribution in [3.05, 3.63) is 83.1 Å². The second kappa shape index (κ2) is 6.47. The molecular formula is C20H20N2S. The number of benzene rings is 2. The topological polar surface area (TPSA) is 6.48 Å². The van der Waals surface area contributed by atoms with Crippen molar-refractivity contribution in [2.45, 2.75) is 12.6 Å². The zero-order valence-corrected chi connectivity index (χ0v) is 13.8. The van der Waals surface area contributed by atoms with Crippen LogP contribution in [0.25, 0.3) is 0 Å². The van der Waals surface area contributed by atoms with Gasteiger partial charge in [-0.3, -0.25) is 0 Å². The molecule has 2 heterocycles. The lowest BCUT2D eigenvalue weighted by Crippen LogP contribution is -2.47. The summed E-state index contributed by atoms with van der Waals surface area (Å²) < 4.78 is 0. The van der Waals surface area contributed by atoms with E-state index in [-0.39, 0.29) is 6.17 Å². The molecule has 116 valence electrons. The minimum absolute atomic E-state index is 0.272. The Labute approximate surface area is 141 Å². The van der Waals surface area contributed by atoms with E-state index < -0.39 is 0 Å². The highest BCUT2D eigenvalue weighted by molar-refractivity contribution is 7.10. The molecule has 1 fully saturated rings. The highest BCUT2D eigenvalue weighted by Gasteiger charge is 2.31. The molecule has 0 bridgehead atoms. The lowest BCUT2D eigenvalue weighted by atomic mass is 10.1. The van der Waals surface area contributed by atoms with Crippen LogP contribution in [0.1, 0.15) is 17.5 Å². The van der Waals surface area contributed by atoms with Gasteiger partial charge in [0, 0.05) is 29.3 Å². The summed E-state index contributed by atoms with van der Waals surface area (Å²) in [7, 11) is 0. The van der Waals surface area contributed by atoms with Gasteiger partial charge in [-0.1, -0.05) is 42.5 Å². The lowest BCUT2D eigenvalue weighted by Gasteiger charge is -2.46. The van der Waals surface area contributed by atoms with Crippen LogP contribution in [0.2, 0.25) is 0 Å². The van der Waals surface area contributed by atoms with Gasteiger partial charge in [-0.2, -0.15) is 0 Å². The van der Waals surface area contributed by atoms with Crippen LogP contribution in [0, 0.1) is 0 Å². The van der Waals surface area contributed by atoms with Crippen LogP contribution in [-0.4, -0.2) is 13.1 Å². The maximum absolute atomic E-state index is 2.53. The average molecular weight is 320 g/mol. The average Bonchev–Trinajstić information content (AvgIpc) is 3.17. The van der Waals surface area contributed by atoms with Crippen LogP contribution in [0.3, 0.4) is 0 Å². The third-order valence-corrected chi connectivity index (χ3v) is 5.27. The quantitative estimate of drug-likeness (QED) is 0.657. The maximum Gasteiger partial charge on any atom is 0.137 e. The number of hydrogen-bond acceptors (Lipinski definition) is 3. The Balaban J connectivity index is 1.77. The third kappa shape index (κ3) is 2.84. The summed E-state index contributed by atoms with van der Waals surface area (Å²) in [4.78, 5) is 6.46. The van der Waals surface area contributed by atoms with E-state index in [0.717, 1.165) is 13.1 Å². The van der Waals surface area contributed by atoms with Crippen molar-refractivity contribution in [1.82, 2.24) is 0 Å². The Hall–Kier alpha value is -2.26. The molecule has 1 aliphatic heterocycles. The number of para-hydroxylation sites is 2. The van der Waals surface area contributed by atoms with Crippen LogP contribution >= 0.6 is 11.3 Å². The number of hydrogen-bond donors (Lipinski definition) is 0. The van der Waals surface area contributed by atoms with E-state index in [0.29, 0.717) is 0 Å². The van der Waals surface area contributed by atoms with Crippen molar-refractivity contribution in [1.29, 1.82) is 0 Å². The molecule has 2 aromatic carbocycles. The molecule has 0 radical (unpaired) electrons. The summed E-state index contributed by atoms with van der Waals surface area (Å²) in [6.45, 7) is 2.19. The molecule has 1 aromatic heterocycles. The highest BCUT2D eigenvalue weighted by Crippen LogP contribution is 2.38. The summed E-state index contributed by atoms with van der Waals surface area (Å²) in [6.07, 6.45) is 1.44. The van der Waals surface area contributed by atoms with Crippen LogP contribution in [0.15, 0.2) is 78.2 Å². The van der Waals surface area contributed by atoms with Gasteiger partial charge < -0.3 is 9.80 Å². The third-order valence-electron chi connectivity index (χ3n) is 4.36. The zero-order chi connectivity index (χ0) is 15.5. The molecule has 0 aliphatic carbocycles. The van der Waals surface area contributed by atoms with Gasteiger partial charge in [-0.05, 0) is 42.1 Å². The van der Waals surface area contributed by atoms with E-state index in [4.69, 9.17) is 0 Å². The van der Waals surface area contributed by atoms with Gasteiger partial charge in [0.15, 0.2) is 0 Å². The van der Waals surface area contributed by atoms with Gasteiger partial charge in [0.1, 0.15) is 6.17 Å². The van der Waals surface area contributed by atoms with Crippen LogP contribution < -0.4 is 9.80 Å². The summed E-state index contributed by atoms with van der Waals surface area (Å²) in [5, 5.41) is 2.18. The molecule has 2 nitrogen and oxygen atoms in total. The van der Waals surface area contributed by atoms with E-state index in [1.54, 1.807) is 0 Å². The molecule has 0 N–H and O–H groups in total. The van der Waals surface area contributed by atoms with Crippen molar-refractivity contribution in [3.8, 4) is 0 Å². The number of thiophene rings is 1. The minimum atomic E-state index is 0.272. The van der Waals surface area contributed by atoms with Crippen molar-refractivity contribution < 1.29 is 0 Å². The molecule has 1 saturated heterocycles. The minimum Gasteiger partial charge on any atom is -0.347 e. The number of anilines is 2. The van der Waals surface area contributed by atoms with Crippen LogP contribution in [0.4, 0.5) is 11.4 Å². The molecule has 4 rings (SSSR count). The monoisotopic (exact) mass is 320 g/mol. The Kier molecular flexibility index (Phi) is 4.03. The summed E-state index contributed by atoms with van der Waals surface area (Å²) in [6, 6.07) is 26.0. The fourth-order valence-electron chi connectivity index (χ4n) is 3.35. The van der Waals surface area contributed by atoms with E-state index >= 15 is 0 Å². The predicted octanol–water partition coefficient (Wildman–Crippen LogP) is 5.16. The fraction of sp³-hybridized carbons (Fsp3) is 0.200. The molecule has 0 spiro atoms. The molecular weight excluding hydrogens is 300 g/mol. The molecule has 3 heteroatoms. The SMILES string of the molecule is c1ccc(N2CCCN(c3ccccc3)C2c2cccs2)cc1. The molecule has 3 aromatic rings. The maximum atomic E-state index is 2.53. The molecule has 0 amide bonds. The van der Waals surface area contributed by atoms with Crippen molar-refractivity contribution in [2.24, 2.45) is 0 Å². The highest BCUT2D eigenvalue weighted by atomic mass is 32.1. The standard InChI is InChI=1S/C20H20N2S/c1-3-9-17(10-4-1)21-14-8-15-22(18-11-5-2-6-12-18)20(21)19-13-7-16-23-19/h1-7,9-13,16,20H,8,14-15H2. The smallest absolute Gasteiger partial charge is 0.137 e. The molecule has 0 unspecified atom stereocenters. The van der Waals surface area contributed by atoms with Crippen molar-refractivity contribution in [2.75, 3.05) is 22.9 Å². The summed E-state index contributed by atoms with van der Waals surface area (Å²) in [5.41, 5.74) is 2.60. The Morgan fingerprint density at radius 2 is 1.26 bits per heavy atom. The second-order valence-corrected chi connectivity index (χ2v) is 6.78. The Morgan fingerprint density at radius 3 is 1.74 bits per heavy atom. The summed E-state index contributed by atoms with van der Waals surface area (Å²) in [5.74, 6) is 0. The normalized spacial score (nSPS) is 15.8. The fourth-order valence-corrected chi connectivity index (χ4v) is 4.20. The van der Waals surface area contributed by atoms with Crippen molar-refractivity contribution in [3.63, 3.8) is 0 Å². The summed E-state index contributed by atoms with van der Waals surface area (Å²) >= 11 is 1.84. The molecule has 0 atom stereocenters. The van der Waals surface area contributed by atoms with Gasteiger partial charge in [0.25, 0.3) is 0 Å². The van der Waals surface area contributed by atoms with Gasteiger partial charge in [-0.25, -0.2) is 0 Å². The first-order chi connectivity index (χ1) is 11.4. The predicted molar refractivity (Wildman–Crippen MR) is 99.3 cm³/mol. The van der Waals surface area contributed by atoms with E-state index in [1.165, 1.54) is 22.7 Å². The molecule has 0 saturated carbocycles. The first kappa shape index (κ1) is 14.3. The first-order valence-electron chi connectivity index (χ1n) is 8.10. The Morgan fingerprint density at radius 1 is 0.696 bits per heavy atom. The Bertz CT molecular complexity index is 677. The van der Waals surface area contributed by atoms with Gasteiger partial charge in [0.2, 0.25) is 0 Å². The lowest BCUT2D eigenvalue weighted by molar-refractivity contribution is 0.508. The van der Waals surface area contributed by atoms with Crippen LogP contribution in [-0.2, 0) is 0 Å². The van der Waals surface area contributed by atoms with E-state index in [1.807, 2.05) is 11.3 Å².